The van der Waals surface area contributed by atoms with Crippen LogP contribution in [0, 0.1) is 0 Å². The molecular weight excluding hydrogens is 284 g/mol. The number of rotatable bonds is 7. The van der Waals surface area contributed by atoms with E-state index in [0.29, 0.717) is 5.39 Å². The summed E-state index contributed by atoms with van der Waals surface area (Å²) in [5.74, 6) is 0. The first kappa shape index (κ1) is 16.0. The zero-order valence-corrected chi connectivity index (χ0v) is 13.2. The molecule has 3 nitrogen and oxygen atoms in total. The third-order valence-electron chi connectivity index (χ3n) is 3.80. The van der Waals surface area contributed by atoms with Crippen LogP contribution in [-0.2, 0) is 16.5 Å². The van der Waals surface area contributed by atoms with Crippen LogP contribution in [0.4, 0.5) is 0 Å². The lowest BCUT2D eigenvalue weighted by molar-refractivity contribution is 0.484. The Morgan fingerprint density at radius 1 is 0.905 bits per heavy atom. The van der Waals surface area contributed by atoms with E-state index in [4.69, 9.17) is 0 Å². The van der Waals surface area contributed by atoms with E-state index in [2.05, 4.69) is 6.92 Å². The summed E-state index contributed by atoms with van der Waals surface area (Å²) < 4.78 is 32.2. The largest absolute Gasteiger partial charge is 0.295 e. The molecule has 0 heterocycles. The molecule has 0 saturated carbocycles. The van der Waals surface area contributed by atoms with Gasteiger partial charge >= 0.3 is 0 Å². The van der Waals surface area contributed by atoms with Gasteiger partial charge in [-0.05, 0) is 29.9 Å². The van der Waals surface area contributed by atoms with Crippen molar-refractivity contribution in [2.45, 2.75) is 50.3 Å². The van der Waals surface area contributed by atoms with Crippen LogP contribution in [0.5, 0.6) is 0 Å². The van der Waals surface area contributed by atoms with Gasteiger partial charge in [0.1, 0.15) is 4.90 Å². The molecule has 114 valence electrons. The van der Waals surface area contributed by atoms with E-state index in [1.165, 1.54) is 31.7 Å². The molecule has 0 unspecified atom stereocenters. The molecule has 2 rings (SSSR count). The highest BCUT2D eigenvalue weighted by molar-refractivity contribution is 7.86. The van der Waals surface area contributed by atoms with Gasteiger partial charge in [-0.25, -0.2) is 0 Å². The summed E-state index contributed by atoms with van der Waals surface area (Å²) in [5, 5.41) is 1.52. The monoisotopic (exact) mass is 306 g/mol. The van der Waals surface area contributed by atoms with Crippen LogP contribution in [0.3, 0.4) is 0 Å². The number of fused-ring (bicyclic) bond motifs is 1. The maximum absolute atomic E-state index is 11.4. The second-order valence-corrected chi connectivity index (χ2v) is 6.80. The molecule has 1 N–H and O–H groups in total. The standard InChI is InChI=1S/C17H22O3S/c1-2-3-4-5-6-9-14-10-7-12-16-15(14)11-8-13-17(16)21(18,19)20/h7-8,10-13H,2-6,9H2,1H3,(H,18,19,20). The lowest BCUT2D eigenvalue weighted by Crippen LogP contribution is -1.99. The van der Waals surface area contributed by atoms with Gasteiger partial charge in [0.25, 0.3) is 10.1 Å². The van der Waals surface area contributed by atoms with Crippen LogP contribution in [-0.4, -0.2) is 13.0 Å². The quantitative estimate of drug-likeness (QED) is 0.601. The number of hydrogen-bond acceptors (Lipinski definition) is 2. The molecule has 21 heavy (non-hydrogen) atoms. The molecule has 2 aromatic carbocycles. The summed E-state index contributed by atoms with van der Waals surface area (Å²) >= 11 is 0. The average Bonchev–Trinajstić information content (AvgIpc) is 2.45. The predicted molar refractivity (Wildman–Crippen MR) is 86.2 cm³/mol. The Labute approximate surface area is 126 Å². The Morgan fingerprint density at radius 2 is 1.57 bits per heavy atom. The van der Waals surface area contributed by atoms with Crippen molar-refractivity contribution in [2.75, 3.05) is 0 Å². The number of unbranched alkanes of at least 4 members (excludes halogenated alkanes) is 4. The first-order valence-electron chi connectivity index (χ1n) is 7.52. The fraction of sp³-hybridized carbons (Fsp3) is 0.412. The highest BCUT2D eigenvalue weighted by atomic mass is 32.2. The van der Waals surface area contributed by atoms with Crippen molar-refractivity contribution >= 4 is 20.9 Å². The summed E-state index contributed by atoms with van der Waals surface area (Å²) in [6, 6.07) is 10.7. The normalized spacial score (nSPS) is 11.9. The Bertz CT molecular complexity index is 705. The lowest BCUT2D eigenvalue weighted by Gasteiger charge is -2.09. The molecular formula is C17H22O3S. The smallest absolute Gasteiger partial charge is 0.282 e. The maximum Gasteiger partial charge on any atom is 0.295 e. The Hall–Kier alpha value is -1.39. The van der Waals surface area contributed by atoms with Gasteiger partial charge < -0.3 is 0 Å². The molecule has 0 aliphatic rings. The minimum absolute atomic E-state index is 0.00664. The molecule has 0 bridgehead atoms. The summed E-state index contributed by atoms with van der Waals surface area (Å²) in [4.78, 5) is -0.00664. The van der Waals surface area contributed by atoms with Crippen molar-refractivity contribution in [3.05, 3.63) is 42.0 Å². The fourth-order valence-corrected chi connectivity index (χ4v) is 3.41. The van der Waals surface area contributed by atoms with Crippen molar-refractivity contribution in [1.82, 2.24) is 0 Å². The molecule has 0 spiro atoms. The van der Waals surface area contributed by atoms with Crippen molar-refractivity contribution < 1.29 is 13.0 Å². The zero-order valence-electron chi connectivity index (χ0n) is 12.4. The van der Waals surface area contributed by atoms with Crippen LogP contribution in [0.25, 0.3) is 10.8 Å². The third-order valence-corrected chi connectivity index (χ3v) is 4.71. The summed E-state index contributed by atoms with van der Waals surface area (Å²) in [5.41, 5.74) is 1.15. The molecule has 4 heteroatoms. The van der Waals surface area contributed by atoms with E-state index in [9.17, 15) is 13.0 Å². The second-order valence-electron chi connectivity index (χ2n) is 5.41. The topological polar surface area (TPSA) is 54.4 Å². The van der Waals surface area contributed by atoms with Gasteiger partial charge in [0, 0.05) is 5.39 Å². The summed E-state index contributed by atoms with van der Waals surface area (Å²) in [7, 11) is -4.18. The van der Waals surface area contributed by atoms with E-state index in [1.807, 2.05) is 18.2 Å². The summed E-state index contributed by atoms with van der Waals surface area (Å²) in [6.07, 6.45) is 6.99. The summed E-state index contributed by atoms with van der Waals surface area (Å²) in [6.45, 7) is 2.20. The SMILES string of the molecule is CCCCCCCc1cccc2c(S(=O)(=O)O)cccc12. The molecule has 0 amide bonds. The minimum Gasteiger partial charge on any atom is -0.282 e. The second kappa shape index (κ2) is 7.05. The van der Waals surface area contributed by atoms with Gasteiger partial charge in [-0.1, -0.05) is 62.9 Å². The average molecular weight is 306 g/mol. The maximum atomic E-state index is 11.4. The van der Waals surface area contributed by atoms with Crippen molar-refractivity contribution in [2.24, 2.45) is 0 Å². The first-order valence-corrected chi connectivity index (χ1v) is 8.96. The van der Waals surface area contributed by atoms with Crippen LogP contribution in [0.15, 0.2) is 41.3 Å². The van der Waals surface area contributed by atoms with Crippen molar-refractivity contribution in [3.63, 3.8) is 0 Å². The van der Waals surface area contributed by atoms with E-state index in [1.54, 1.807) is 12.1 Å². The number of benzene rings is 2. The Morgan fingerprint density at radius 3 is 2.29 bits per heavy atom. The van der Waals surface area contributed by atoms with Crippen LogP contribution >= 0.6 is 0 Å². The predicted octanol–water partition coefficient (Wildman–Crippen LogP) is 4.60. The Balaban J connectivity index is 2.26. The molecule has 0 aromatic heterocycles. The van der Waals surface area contributed by atoms with Crippen molar-refractivity contribution in [3.8, 4) is 0 Å². The van der Waals surface area contributed by atoms with Crippen LogP contribution in [0.1, 0.15) is 44.6 Å². The number of aryl methyl sites for hydroxylation is 1. The highest BCUT2D eigenvalue weighted by Gasteiger charge is 2.14. The van der Waals surface area contributed by atoms with Crippen LogP contribution in [0.2, 0.25) is 0 Å². The molecule has 0 saturated heterocycles. The van der Waals surface area contributed by atoms with Gasteiger partial charge in [-0.3, -0.25) is 4.55 Å². The van der Waals surface area contributed by atoms with Gasteiger partial charge in [0.05, 0.1) is 0 Å². The van der Waals surface area contributed by atoms with E-state index >= 15 is 0 Å². The molecule has 0 aliphatic carbocycles. The molecule has 0 fully saturated rings. The highest BCUT2D eigenvalue weighted by Crippen LogP contribution is 2.26. The zero-order chi connectivity index (χ0) is 15.3. The van der Waals surface area contributed by atoms with E-state index in [0.717, 1.165) is 23.8 Å². The van der Waals surface area contributed by atoms with Crippen molar-refractivity contribution in [1.29, 1.82) is 0 Å². The lowest BCUT2D eigenvalue weighted by atomic mass is 9.99. The van der Waals surface area contributed by atoms with E-state index < -0.39 is 10.1 Å². The van der Waals surface area contributed by atoms with Crippen LogP contribution < -0.4 is 0 Å². The minimum atomic E-state index is -4.18. The molecule has 0 radical (unpaired) electrons. The molecule has 2 aromatic rings. The number of hydrogen-bond donors (Lipinski definition) is 1. The fourth-order valence-electron chi connectivity index (χ4n) is 2.71. The van der Waals surface area contributed by atoms with Gasteiger partial charge in [-0.15, -0.1) is 0 Å². The Kier molecular flexibility index (Phi) is 5.37. The van der Waals surface area contributed by atoms with Gasteiger partial charge in [0.15, 0.2) is 0 Å². The third kappa shape index (κ3) is 4.05. The van der Waals surface area contributed by atoms with E-state index in [-0.39, 0.29) is 4.90 Å². The molecule has 0 aliphatic heterocycles. The molecule has 0 atom stereocenters. The van der Waals surface area contributed by atoms with Gasteiger partial charge in [-0.2, -0.15) is 8.42 Å². The first-order chi connectivity index (χ1) is 10.0. The van der Waals surface area contributed by atoms with Gasteiger partial charge in [0.2, 0.25) is 0 Å².